The maximum absolute atomic E-state index is 3.63. The highest BCUT2D eigenvalue weighted by Gasteiger charge is 1.88. The molecule has 2 nitrogen and oxygen atoms in total. The Hall–Kier alpha value is -0.660. The van der Waals surface area contributed by atoms with Crippen molar-refractivity contribution in [1.82, 2.24) is 0 Å². The summed E-state index contributed by atoms with van der Waals surface area (Å²) >= 11 is 0. The Morgan fingerprint density at radius 1 is 1.75 bits per heavy atom. The minimum atomic E-state index is 0.528. The van der Waals surface area contributed by atoms with Gasteiger partial charge in [0, 0.05) is 12.9 Å². The summed E-state index contributed by atoms with van der Waals surface area (Å²) in [5, 5.41) is 6.97. The molecular weight excluding hydrogens is 100 g/mol. The van der Waals surface area contributed by atoms with Gasteiger partial charge in [0.2, 0.25) is 0 Å². The molecule has 0 aromatic heterocycles. The van der Waals surface area contributed by atoms with E-state index >= 15 is 0 Å². The lowest BCUT2D eigenvalue weighted by atomic mass is 10.1. The molecule has 0 heterocycles. The van der Waals surface area contributed by atoms with E-state index in [-0.39, 0.29) is 0 Å². The molecule has 8 heavy (non-hydrogen) atoms. The van der Waals surface area contributed by atoms with Crippen LogP contribution in [-0.4, -0.2) is 12.9 Å². The molecule has 0 radical (unpaired) electrons. The molecule has 0 saturated carbocycles. The lowest BCUT2D eigenvalue weighted by Gasteiger charge is -1.94. The molecule has 0 aromatic rings. The smallest absolute Gasteiger partial charge is 0.0298 e. The first-order chi connectivity index (χ1) is 3.81. The standard InChI is InChI=1S/C6H12N2/c1-4-6(2)5-8-7-3/h5-6H,3-4H2,1-2H3/b8-5+. The average Bonchev–Trinajstić information content (AvgIpc) is 1.83. The largest absolute Gasteiger partial charge is 0.167 e. The minimum absolute atomic E-state index is 0.528. The van der Waals surface area contributed by atoms with Crippen LogP contribution in [0.25, 0.3) is 0 Å². The van der Waals surface area contributed by atoms with Gasteiger partial charge < -0.3 is 0 Å². The van der Waals surface area contributed by atoms with Crippen LogP contribution in [0, 0.1) is 5.92 Å². The Labute approximate surface area is 50.3 Å². The lowest BCUT2D eigenvalue weighted by Crippen LogP contribution is -1.90. The molecule has 0 aromatic carbocycles. The van der Waals surface area contributed by atoms with Gasteiger partial charge in [-0.1, -0.05) is 13.8 Å². The van der Waals surface area contributed by atoms with E-state index < -0.39 is 0 Å². The van der Waals surface area contributed by atoms with Crippen LogP contribution in [-0.2, 0) is 0 Å². The molecule has 1 unspecified atom stereocenters. The second-order valence-electron chi connectivity index (χ2n) is 1.79. The molecule has 0 bridgehead atoms. The number of hydrogen-bond acceptors (Lipinski definition) is 2. The third-order valence-electron chi connectivity index (χ3n) is 1.05. The zero-order valence-corrected chi connectivity index (χ0v) is 5.46. The zero-order chi connectivity index (χ0) is 6.41. The summed E-state index contributed by atoms with van der Waals surface area (Å²) in [5.41, 5.74) is 0. The maximum atomic E-state index is 3.63. The van der Waals surface area contributed by atoms with Crippen LogP contribution in [0.4, 0.5) is 0 Å². The third-order valence-corrected chi connectivity index (χ3v) is 1.05. The van der Waals surface area contributed by atoms with Crippen LogP contribution in [0.1, 0.15) is 20.3 Å². The van der Waals surface area contributed by atoms with Crippen LogP contribution in [0.15, 0.2) is 10.2 Å². The molecule has 0 aliphatic carbocycles. The summed E-state index contributed by atoms with van der Waals surface area (Å²) in [6.45, 7) is 7.42. The summed E-state index contributed by atoms with van der Waals surface area (Å²) in [4.78, 5) is 0. The third kappa shape index (κ3) is 3.53. The van der Waals surface area contributed by atoms with E-state index in [0.717, 1.165) is 6.42 Å². The van der Waals surface area contributed by atoms with Crippen molar-refractivity contribution in [3.63, 3.8) is 0 Å². The van der Waals surface area contributed by atoms with Crippen molar-refractivity contribution in [3.05, 3.63) is 0 Å². The predicted molar refractivity (Wildman–Crippen MR) is 37.5 cm³/mol. The Balaban J connectivity index is 3.35. The van der Waals surface area contributed by atoms with E-state index in [1.54, 1.807) is 6.21 Å². The Bertz CT molecular complexity index is 86.5. The SMILES string of the molecule is C=N/N=C/C(C)CC. The van der Waals surface area contributed by atoms with Gasteiger partial charge in [-0.2, -0.15) is 10.2 Å². The molecule has 46 valence electrons. The Morgan fingerprint density at radius 3 is 2.75 bits per heavy atom. The number of nitrogens with zero attached hydrogens (tertiary/aromatic N) is 2. The van der Waals surface area contributed by atoms with E-state index in [0.29, 0.717) is 5.92 Å². The summed E-state index contributed by atoms with van der Waals surface area (Å²) < 4.78 is 0. The van der Waals surface area contributed by atoms with Gasteiger partial charge in [0.25, 0.3) is 0 Å². The molecule has 0 rings (SSSR count). The minimum Gasteiger partial charge on any atom is -0.167 e. The van der Waals surface area contributed by atoms with Crippen LogP contribution >= 0.6 is 0 Å². The fourth-order valence-corrected chi connectivity index (χ4v) is 0.266. The summed E-state index contributed by atoms with van der Waals surface area (Å²) in [5.74, 6) is 0.528. The summed E-state index contributed by atoms with van der Waals surface area (Å²) in [6, 6.07) is 0. The topological polar surface area (TPSA) is 24.7 Å². The zero-order valence-electron chi connectivity index (χ0n) is 5.46. The monoisotopic (exact) mass is 112 g/mol. The molecule has 0 N–H and O–H groups in total. The lowest BCUT2D eigenvalue weighted by molar-refractivity contribution is 0.752. The molecule has 0 amide bonds. The first-order valence-corrected chi connectivity index (χ1v) is 2.80. The normalized spacial score (nSPS) is 14.2. The fourth-order valence-electron chi connectivity index (χ4n) is 0.266. The second-order valence-corrected chi connectivity index (χ2v) is 1.79. The highest BCUT2D eigenvalue weighted by atomic mass is 15.2. The molecule has 1 atom stereocenters. The van der Waals surface area contributed by atoms with E-state index in [9.17, 15) is 0 Å². The van der Waals surface area contributed by atoms with Crippen molar-refractivity contribution < 1.29 is 0 Å². The quantitative estimate of drug-likeness (QED) is 0.392. The van der Waals surface area contributed by atoms with Crippen LogP contribution in [0.2, 0.25) is 0 Å². The Kier molecular flexibility index (Phi) is 4.13. The van der Waals surface area contributed by atoms with E-state index in [1.165, 1.54) is 0 Å². The predicted octanol–water partition coefficient (Wildman–Crippen LogP) is 1.72. The Morgan fingerprint density at radius 2 is 2.38 bits per heavy atom. The maximum Gasteiger partial charge on any atom is 0.0298 e. The molecule has 2 heteroatoms. The van der Waals surface area contributed by atoms with E-state index in [2.05, 4.69) is 30.8 Å². The summed E-state index contributed by atoms with van der Waals surface area (Å²) in [7, 11) is 0. The van der Waals surface area contributed by atoms with Crippen LogP contribution in [0.5, 0.6) is 0 Å². The van der Waals surface area contributed by atoms with Crippen molar-refractivity contribution in [1.29, 1.82) is 0 Å². The van der Waals surface area contributed by atoms with Gasteiger partial charge in [0.1, 0.15) is 0 Å². The highest BCUT2D eigenvalue weighted by molar-refractivity contribution is 5.60. The van der Waals surface area contributed by atoms with Crippen molar-refractivity contribution in [2.45, 2.75) is 20.3 Å². The first-order valence-electron chi connectivity index (χ1n) is 2.80. The van der Waals surface area contributed by atoms with Crippen molar-refractivity contribution in [2.75, 3.05) is 0 Å². The fraction of sp³-hybridized carbons (Fsp3) is 0.667. The van der Waals surface area contributed by atoms with Gasteiger partial charge in [-0.15, -0.1) is 0 Å². The van der Waals surface area contributed by atoms with Gasteiger partial charge in [0.05, 0.1) is 0 Å². The average molecular weight is 112 g/mol. The molecule has 0 aliphatic rings. The van der Waals surface area contributed by atoms with Crippen LogP contribution in [0.3, 0.4) is 0 Å². The van der Waals surface area contributed by atoms with Crippen molar-refractivity contribution in [3.8, 4) is 0 Å². The van der Waals surface area contributed by atoms with Crippen molar-refractivity contribution in [2.24, 2.45) is 16.1 Å². The van der Waals surface area contributed by atoms with Crippen molar-refractivity contribution >= 4 is 12.9 Å². The number of rotatable bonds is 3. The van der Waals surface area contributed by atoms with Gasteiger partial charge in [-0.05, 0) is 12.3 Å². The number of hydrogen-bond donors (Lipinski definition) is 0. The molecule has 0 saturated heterocycles. The first kappa shape index (κ1) is 7.34. The van der Waals surface area contributed by atoms with Gasteiger partial charge in [-0.25, -0.2) is 0 Å². The highest BCUT2D eigenvalue weighted by Crippen LogP contribution is 1.94. The molecule has 0 fully saturated rings. The van der Waals surface area contributed by atoms with Gasteiger partial charge in [-0.3, -0.25) is 0 Å². The van der Waals surface area contributed by atoms with Gasteiger partial charge in [0.15, 0.2) is 0 Å². The summed E-state index contributed by atoms with van der Waals surface area (Å²) in [6.07, 6.45) is 2.91. The molecule has 0 spiro atoms. The van der Waals surface area contributed by atoms with Crippen LogP contribution < -0.4 is 0 Å². The molecule has 0 aliphatic heterocycles. The van der Waals surface area contributed by atoms with E-state index in [4.69, 9.17) is 0 Å². The second kappa shape index (κ2) is 4.50. The van der Waals surface area contributed by atoms with Gasteiger partial charge >= 0.3 is 0 Å². The van der Waals surface area contributed by atoms with E-state index in [1.807, 2.05) is 0 Å². The molecular formula is C6H12N2.